The third kappa shape index (κ3) is 8.29. The summed E-state index contributed by atoms with van der Waals surface area (Å²) in [6.45, 7) is 5.25. The highest BCUT2D eigenvalue weighted by molar-refractivity contribution is 5.79. The minimum atomic E-state index is -0.314. The lowest BCUT2D eigenvalue weighted by Crippen LogP contribution is -2.40. The lowest BCUT2D eigenvalue weighted by Gasteiger charge is -2.19. The highest BCUT2D eigenvalue weighted by Gasteiger charge is 2.13. The average Bonchev–Trinajstić information content (AvgIpc) is 2.27. The molecular formula is C12H20N2O3. The van der Waals surface area contributed by atoms with Crippen LogP contribution >= 0.6 is 0 Å². The third-order valence-corrected chi connectivity index (χ3v) is 1.95. The van der Waals surface area contributed by atoms with E-state index in [1.54, 1.807) is 11.8 Å². The largest absolute Gasteiger partial charge is 0.465 e. The van der Waals surface area contributed by atoms with Gasteiger partial charge in [-0.25, -0.2) is 0 Å². The smallest absolute Gasteiger partial charge is 0.320 e. The molecule has 96 valence electrons. The Bertz CT molecular complexity index is 284. The highest BCUT2D eigenvalue weighted by Crippen LogP contribution is 1.93. The van der Waals surface area contributed by atoms with Gasteiger partial charge in [-0.05, 0) is 19.9 Å². The van der Waals surface area contributed by atoms with Crippen molar-refractivity contribution in [2.75, 3.05) is 32.8 Å². The van der Waals surface area contributed by atoms with E-state index in [2.05, 4.69) is 11.2 Å². The second-order valence-corrected chi connectivity index (χ2v) is 3.50. The van der Waals surface area contributed by atoms with Crippen LogP contribution in [0.2, 0.25) is 0 Å². The van der Waals surface area contributed by atoms with E-state index in [4.69, 9.17) is 11.2 Å². The lowest BCUT2D eigenvalue weighted by atomic mass is 10.3. The summed E-state index contributed by atoms with van der Waals surface area (Å²) in [5.74, 6) is 1.83. The van der Waals surface area contributed by atoms with Crippen LogP contribution in [0.1, 0.15) is 20.3 Å². The molecule has 1 amide bonds. The molecule has 0 spiro atoms. The van der Waals surface area contributed by atoms with Gasteiger partial charge in [-0.3, -0.25) is 14.5 Å². The molecule has 5 heteroatoms. The number of amides is 1. The summed E-state index contributed by atoms with van der Waals surface area (Å²) >= 11 is 0. The molecule has 0 aliphatic carbocycles. The van der Waals surface area contributed by atoms with Gasteiger partial charge in [0.15, 0.2) is 0 Å². The van der Waals surface area contributed by atoms with Crippen molar-refractivity contribution in [1.82, 2.24) is 10.2 Å². The Kier molecular flexibility index (Phi) is 8.79. The predicted octanol–water partition coefficient (Wildman–Crippen LogP) is 0.0109. The Morgan fingerprint density at radius 1 is 1.35 bits per heavy atom. The molecule has 0 saturated carbocycles. The SMILES string of the molecule is C#CCNC(=O)CN(CCC)CC(=O)OCC. The van der Waals surface area contributed by atoms with E-state index in [0.29, 0.717) is 13.2 Å². The zero-order valence-corrected chi connectivity index (χ0v) is 10.5. The number of rotatable bonds is 8. The topological polar surface area (TPSA) is 58.6 Å². The van der Waals surface area contributed by atoms with Gasteiger partial charge in [0.05, 0.1) is 26.2 Å². The van der Waals surface area contributed by atoms with Crippen LogP contribution in [0.4, 0.5) is 0 Å². The molecule has 0 rings (SSSR count). The van der Waals surface area contributed by atoms with Crippen LogP contribution in [0.15, 0.2) is 0 Å². The normalized spacial score (nSPS) is 9.76. The third-order valence-electron chi connectivity index (χ3n) is 1.95. The number of hydrogen-bond donors (Lipinski definition) is 1. The predicted molar refractivity (Wildman–Crippen MR) is 65.2 cm³/mol. The van der Waals surface area contributed by atoms with Crippen LogP contribution in [0.3, 0.4) is 0 Å². The molecule has 0 aromatic rings. The molecule has 17 heavy (non-hydrogen) atoms. The van der Waals surface area contributed by atoms with Gasteiger partial charge in [-0.15, -0.1) is 6.42 Å². The molecule has 0 aliphatic rings. The lowest BCUT2D eigenvalue weighted by molar-refractivity contribution is -0.144. The Morgan fingerprint density at radius 3 is 2.59 bits per heavy atom. The summed E-state index contributed by atoms with van der Waals surface area (Å²) in [5, 5.41) is 2.56. The van der Waals surface area contributed by atoms with Crippen molar-refractivity contribution in [1.29, 1.82) is 0 Å². The number of terminal acetylenes is 1. The molecule has 1 N–H and O–H groups in total. The number of esters is 1. The van der Waals surface area contributed by atoms with E-state index < -0.39 is 0 Å². The second kappa shape index (κ2) is 9.67. The number of nitrogens with zero attached hydrogens (tertiary/aromatic N) is 1. The highest BCUT2D eigenvalue weighted by atomic mass is 16.5. The van der Waals surface area contributed by atoms with Gasteiger partial charge in [0.2, 0.25) is 5.91 Å². The summed E-state index contributed by atoms with van der Waals surface area (Å²) < 4.78 is 4.84. The first-order valence-corrected chi connectivity index (χ1v) is 5.72. The molecule has 0 aromatic heterocycles. The van der Waals surface area contributed by atoms with Gasteiger partial charge in [-0.2, -0.15) is 0 Å². The minimum absolute atomic E-state index is 0.130. The molecule has 0 unspecified atom stereocenters. The van der Waals surface area contributed by atoms with Crippen molar-refractivity contribution >= 4 is 11.9 Å². The van der Waals surface area contributed by atoms with E-state index in [9.17, 15) is 9.59 Å². The maximum Gasteiger partial charge on any atom is 0.320 e. The second-order valence-electron chi connectivity index (χ2n) is 3.50. The number of nitrogens with one attached hydrogen (secondary N) is 1. The fourth-order valence-corrected chi connectivity index (χ4v) is 1.33. The van der Waals surface area contributed by atoms with E-state index in [-0.39, 0.29) is 31.5 Å². The van der Waals surface area contributed by atoms with E-state index in [1.165, 1.54) is 0 Å². The monoisotopic (exact) mass is 240 g/mol. The van der Waals surface area contributed by atoms with Crippen molar-refractivity contribution < 1.29 is 14.3 Å². The van der Waals surface area contributed by atoms with Gasteiger partial charge < -0.3 is 10.1 Å². The first-order valence-electron chi connectivity index (χ1n) is 5.72. The van der Waals surface area contributed by atoms with Crippen LogP contribution in [0.25, 0.3) is 0 Å². The number of carbonyl (C=O) groups is 2. The first-order chi connectivity index (χ1) is 8.13. The van der Waals surface area contributed by atoms with E-state index in [0.717, 1.165) is 6.42 Å². The van der Waals surface area contributed by atoms with Crippen molar-refractivity contribution in [2.45, 2.75) is 20.3 Å². The maximum atomic E-state index is 11.4. The van der Waals surface area contributed by atoms with E-state index >= 15 is 0 Å². The fourth-order valence-electron chi connectivity index (χ4n) is 1.33. The minimum Gasteiger partial charge on any atom is -0.465 e. The summed E-state index contributed by atoms with van der Waals surface area (Å²) in [6.07, 6.45) is 5.90. The first kappa shape index (κ1) is 15.5. The molecular weight excluding hydrogens is 220 g/mol. The molecule has 0 bridgehead atoms. The maximum absolute atomic E-state index is 11.4. The molecule has 0 saturated heterocycles. The van der Waals surface area contributed by atoms with Gasteiger partial charge in [0.1, 0.15) is 0 Å². The van der Waals surface area contributed by atoms with E-state index in [1.807, 2.05) is 6.92 Å². The molecule has 0 radical (unpaired) electrons. The van der Waals surface area contributed by atoms with Crippen LogP contribution in [-0.4, -0.2) is 49.6 Å². The zero-order chi connectivity index (χ0) is 13.1. The Labute approximate surface area is 102 Å². The summed E-state index contributed by atoms with van der Waals surface area (Å²) in [4.78, 5) is 24.5. The van der Waals surface area contributed by atoms with Gasteiger partial charge in [0.25, 0.3) is 0 Å². The molecule has 0 aromatic carbocycles. The van der Waals surface area contributed by atoms with Crippen LogP contribution < -0.4 is 5.32 Å². The Hall–Kier alpha value is -1.54. The Morgan fingerprint density at radius 2 is 2.06 bits per heavy atom. The summed E-state index contributed by atoms with van der Waals surface area (Å²) in [6, 6.07) is 0. The fraction of sp³-hybridized carbons (Fsp3) is 0.667. The average molecular weight is 240 g/mol. The van der Waals surface area contributed by atoms with Crippen molar-refractivity contribution in [2.24, 2.45) is 0 Å². The molecule has 5 nitrogen and oxygen atoms in total. The Balaban J connectivity index is 4.09. The zero-order valence-electron chi connectivity index (χ0n) is 10.5. The summed E-state index contributed by atoms with van der Waals surface area (Å²) in [7, 11) is 0. The quantitative estimate of drug-likeness (QED) is 0.479. The molecule has 0 aliphatic heterocycles. The molecule has 0 fully saturated rings. The van der Waals surface area contributed by atoms with Crippen molar-refractivity contribution in [3.05, 3.63) is 0 Å². The number of ether oxygens (including phenoxy) is 1. The van der Waals surface area contributed by atoms with Gasteiger partial charge >= 0.3 is 5.97 Å². The molecule has 0 heterocycles. The van der Waals surface area contributed by atoms with Gasteiger partial charge in [-0.1, -0.05) is 12.8 Å². The number of hydrogen-bond acceptors (Lipinski definition) is 4. The molecule has 0 atom stereocenters. The number of carbonyl (C=O) groups excluding carboxylic acids is 2. The summed E-state index contributed by atoms with van der Waals surface area (Å²) in [5.41, 5.74) is 0. The van der Waals surface area contributed by atoms with Gasteiger partial charge in [0, 0.05) is 0 Å². The van der Waals surface area contributed by atoms with Crippen LogP contribution in [0.5, 0.6) is 0 Å². The van der Waals surface area contributed by atoms with Crippen molar-refractivity contribution in [3.8, 4) is 12.3 Å². The standard InChI is InChI=1S/C12H20N2O3/c1-4-7-13-11(15)9-14(8-5-2)10-12(16)17-6-3/h1H,5-10H2,2-3H3,(H,13,15). The van der Waals surface area contributed by atoms with Crippen LogP contribution in [-0.2, 0) is 14.3 Å². The van der Waals surface area contributed by atoms with Crippen LogP contribution in [0, 0.1) is 12.3 Å². The van der Waals surface area contributed by atoms with Crippen molar-refractivity contribution in [3.63, 3.8) is 0 Å².